The highest BCUT2D eigenvalue weighted by Crippen LogP contribution is 2.08. The fraction of sp³-hybridized carbons (Fsp3) is 0.750. The van der Waals surface area contributed by atoms with Gasteiger partial charge >= 0.3 is 0 Å². The summed E-state index contributed by atoms with van der Waals surface area (Å²) in [6.07, 6.45) is 0.105. The van der Waals surface area contributed by atoms with Gasteiger partial charge in [-0.1, -0.05) is 11.8 Å². The molecule has 1 atom stereocenters. The summed E-state index contributed by atoms with van der Waals surface area (Å²) in [4.78, 5) is 13.4. The van der Waals surface area contributed by atoms with E-state index in [1.54, 1.807) is 4.90 Å². The Morgan fingerprint density at radius 1 is 1.73 bits per heavy atom. The van der Waals surface area contributed by atoms with Crippen LogP contribution in [0, 0.1) is 0 Å². The zero-order valence-corrected chi connectivity index (χ0v) is 9.50. The molecule has 1 rings (SSSR count). The summed E-state index contributed by atoms with van der Waals surface area (Å²) in [5.41, 5.74) is 5.37. The van der Waals surface area contributed by atoms with Crippen LogP contribution in [0.25, 0.3) is 0 Å². The lowest BCUT2D eigenvalue weighted by Gasteiger charge is -2.31. The van der Waals surface area contributed by atoms with E-state index in [1.807, 2.05) is 6.92 Å². The third-order valence-electron chi connectivity index (χ3n) is 2.06. The number of carbonyl (C=O) groups is 1. The average Bonchev–Trinajstić information content (AvgIpc) is 2.25. The van der Waals surface area contributed by atoms with Crippen LogP contribution in [0.4, 0.5) is 0 Å². The maximum atomic E-state index is 11.7. The number of hydrogen-bond donors (Lipinski definition) is 2. The lowest BCUT2D eigenvalue weighted by molar-refractivity contribution is -0.135. The van der Waals surface area contributed by atoms with E-state index in [4.69, 9.17) is 16.3 Å². The lowest BCUT2D eigenvalue weighted by Crippen LogP contribution is -2.45. The van der Waals surface area contributed by atoms with Crippen LogP contribution in [-0.2, 0) is 9.53 Å². The van der Waals surface area contributed by atoms with Gasteiger partial charge in [0, 0.05) is 13.1 Å². The van der Waals surface area contributed by atoms with Gasteiger partial charge < -0.3 is 21.2 Å². The smallest absolute Gasteiger partial charge is 0.233 e. The molecule has 0 aliphatic carbocycles. The van der Waals surface area contributed by atoms with Crippen molar-refractivity contribution in [1.82, 2.24) is 4.90 Å². The Hall–Kier alpha value is -0.950. The molecule has 0 saturated carbocycles. The van der Waals surface area contributed by atoms with Crippen molar-refractivity contribution in [2.75, 3.05) is 25.4 Å². The number of morpholine rings is 1. The van der Waals surface area contributed by atoms with Gasteiger partial charge in [-0.25, -0.2) is 0 Å². The highest BCUT2D eigenvalue weighted by Gasteiger charge is 2.21. The van der Waals surface area contributed by atoms with Gasteiger partial charge in [-0.05, 0) is 6.92 Å². The van der Waals surface area contributed by atoms with Crippen molar-refractivity contribution in [2.24, 2.45) is 16.7 Å². The van der Waals surface area contributed by atoms with E-state index in [1.165, 1.54) is 0 Å². The molecule has 0 aromatic rings. The number of carbonyl (C=O) groups excluding carboxylic acids is 1. The zero-order chi connectivity index (χ0) is 11.3. The van der Waals surface area contributed by atoms with Gasteiger partial charge in [0.15, 0.2) is 5.17 Å². The first-order chi connectivity index (χ1) is 7.13. The van der Waals surface area contributed by atoms with Gasteiger partial charge in [0.25, 0.3) is 0 Å². The standard InChI is InChI=1S/C8H16N4O2S/c1-6-4-12(2-3-14-6)7(13)5-15-8(9)11-10/h6H,2-5,10H2,1H3,(H2,9,11). The van der Waals surface area contributed by atoms with Gasteiger partial charge in [0.2, 0.25) is 5.91 Å². The number of amidine groups is 1. The van der Waals surface area contributed by atoms with Crippen molar-refractivity contribution in [2.45, 2.75) is 13.0 Å². The molecule has 4 N–H and O–H groups in total. The van der Waals surface area contributed by atoms with Gasteiger partial charge in [0.1, 0.15) is 0 Å². The molecular formula is C8H16N4O2S. The molecule has 7 heteroatoms. The monoisotopic (exact) mass is 232 g/mol. The second-order valence-corrected chi connectivity index (χ2v) is 4.27. The first-order valence-corrected chi connectivity index (χ1v) is 5.67. The van der Waals surface area contributed by atoms with E-state index in [2.05, 4.69) is 5.10 Å². The normalized spacial score (nSPS) is 22.9. The topological polar surface area (TPSA) is 93.9 Å². The second-order valence-electron chi connectivity index (χ2n) is 3.28. The predicted molar refractivity (Wildman–Crippen MR) is 60.3 cm³/mol. The Balaban J connectivity index is 2.33. The molecule has 1 unspecified atom stereocenters. The number of nitrogens with zero attached hydrogens (tertiary/aromatic N) is 2. The summed E-state index contributed by atoms with van der Waals surface area (Å²) in [5.74, 6) is 5.28. The number of amides is 1. The third-order valence-corrected chi connectivity index (χ3v) is 2.86. The van der Waals surface area contributed by atoms with Crippen LogP contribution in [0.2, 0.25) is 0 Å². The first-order valence-electron chi connectivity index (χ1n) is 4.69. The molecular weight excluding hydrogens is 216 g/mol. The van der Waals surface area contributed by atoms with Crippen molar-refractivity contribution in [3.63, 3.8) is 0 Å². The van der Waals surface area contributed by atoms with Crippen molar-refractivity contribution in [1.29, 1.82) is 0 Å². The summed E-state index contributed by atoms with van der Waals surface area (Å²) in [7, 11) is 0. The molecule has 1 aliphatic heterocycles. The van der Waals surface area contributed by atoms with Crippen LogP contribution >= 0.6 is 11.8 Å². The van der Waals surface area contributed by atoms with E-state index in [-0.39, 0.29) is 22.9 Å². The molecule has 1 fully saturated rings. The highest BCUT2D eigenvalue weighted by molar-refractivity contribution is 8.14. The van der Waals surface area contributed by atoms with Crippen LogP contribution < -0.4 is 11.6 Å². The van der Waals surface area contributed by atoms with Crippen LogP contribution in [0.3, 0.4) is 0 Å². The molecule has 1 amide bonds. The fourth-order valence-corrected chi connectivity index (χ4v) is 1.84. The van der Waals surface area contributed by atoms with Gasteiger partial charge in [-0.15, -0.1) is 0 Å². The number of rotatable bonds is 2. The van der Waals surface area contributed by atoms with E-state index >= 15 is 0 Å². The summed E-state index contributed by atoms with van der Waals surface area (Å²) >= 11 is 1.15. The van der Waals surface area contributed by atoms with Crippen LogP contribution in [-0.4, -0.2) is 47.5 Å². The lowest BCUT2D eigenvalue weighted by atomic mass is 10.3. The Labute approximate surface area is 93.0 Å². The molecule has 1 saturated heterocycles. The summed E-state index contributed by atoms with van der Waals surface area (Å²) in [5, 5.41) is 3.51. The molecule has 1 aliphatic rings. The Morgan fingerprint density at radius 3 is 3.07 bits per heavy atom. The number of ether oxygens (including phenoxy) is 1. The number of thioether (sulfide) groups is 1. The quantitative estimate of drug-likeness (QED) is 0.280. The molecule has 6 nitrogen and oxygen atoms in total. The molecule has 0 radical (unpaired) electrons. The van der Waals surface area contributed by atoms with Crippen molar-refractivity contribution >= 4 is 22.8 Å². The Kier molecular flexibility index (Phi) is 4.70. The maximum Gasteiger partial charge on any atom is 0.233 e. The second kappa shape index (κ2) is 5.82. The predicted octanol–water partition coefficient (Wildman–Crippen LogP) is -0.845. The van der Waals surface area contributed by atoms with E-state index in [0.717, 1.165) is 11.8 Å². The van der Waals surface area contributed by atoms with Crippen molar-refractivity contribution < 1.29 is 9.53 Å². The fourth-order valence-electron chi connectivity index (χ4n) is 1.31. The van der Waals surface area contributed by atoms with Gasteiger partial charge in [-0.2, -0.15) is 5.10 Å². The summed E-state index contributed by atoms with van der Waals surface area (Å²) in [6, 6.07) is 0. The van der Waals surface area contributed by atoms with E-state index in [9.17, 15) is 4.79 Å². The summed E-state index contributed by atoms with van der Waals surface area (Å²) in [6.45, 7) is 3.82. The van der Waals surface area contributed by atoms with Gasteiger partial charge in [-0.3, -0.25) is 4.79 Å². The third kappa shape index (κ3) is 3.96. The average molecular weight is 232 g/mol. The highest BCUT2D eigenvalue weighted by atomic mass is 32.2. The largest absolute Gasteiger partial charge is 0.377 e. The van der Waals surface area contributed by atoms with Crippen molar-refractivity contribution in [3.05, 3.63) is 0 Å². The number of nitrogens with two attached hydrogens (primary N) is 2. The maximum absolute atomic E-state index is 11.7. The molecule has 0 bridgehead atoms. The number of hydrazone groups is 1. The SMILES string of the molecule is CC1CN(C(=O)CSC(N)=NN)CCO1. The molecule has 86 valence electrons. The minimum absolute atomic E-state index is 0.0433. The minimum atomic E-state index is 0.0433. The number of hydrogen-bond acceptors (Lipinski definition) is 5. The van der Waals surface area contributed by atoms with Gasteiger partial charge in [0.05, 0.1) is 18.5 Å². The van der Waals surface area contributed by atoms with E-state index in [0.29, 0.717) is 19.7 Å². The molecule has 1 heterocycles. The van der Waals surface area contributed by atoms with Crippen LogP contribution in [0.15, 0.2) is 5.10 Å². The zero-order valence-electron chi connectivity index (χ0n) is 8.68. The molecule has 0 aromatic heterocycles. The van der Waals surface area contributed by atoms with E-state index < -0.39 is 0 Å². The summed E-state index contributed by atoms with van der Waals surface area (Å²) < 4.78 is 5.34. The molecule has 15 heavy (non-hydrogen) atoms. The van der Waals surface area contributed by atoms with Crippen LogP contribution in [0.5, 0.6) is 0 Å². The molecule has 0 aromatic carbocycles. The first kappa shape index (κ1) is 12.1. The Morgan fingerprint density at radius 2 is 2.47 bits per heavy atom. The van der Waals surface area contributed by atoms with Crippen molar-refractivity contribution in [3.8, 4) is 0 Å². The molecule has 0 spiro atoms. The minimum Gasteiger partial charge on any atom is -0.377 e. The van der Waals surface area contributed by atoms with Crippen LogP contribution in [0.1, 0.15) is 6.92 Å². The Bertz CT molecular complexity index is 259.